The molecule has 0 aliphatic heterocycles. The maximum Gasteiger partial charge on any atom is 0.271 e. The average Bonchev–Trinajstić information content (AvgIpc) is 2.81. The van der Waals surface area contributed by atoms with Gasteiger partial charge in [0.1, 0.15) is 23.9 Å². The number of hydrazone groups is 1. The van der Waals surface area contributed by atoms with Crippen molar-refractivity contribution in [1.82, 2.24) is 5.43 Å². The molecule has 4 rings (SSSR count). The molecule has 5 nitrogen and oxygen atoms in total. The molecule has 1 amide bonds. The van der Waals surface area contributed by atoms with Gasteiger partial charge < -0.3 is 9.84 Å². The van der Waals surface area contributed by atoms with Gasteiger partial charge in [-0.25, -0.2) is 9.82 Å². The lowest BCUT2D eigenvalue weighted by Gasteiger charge is -2.11. The van der Waals surface area contributed by atoms with E-state index in [-0.39, 0.29) is 28.8 Å². The van der Waals surface area contributed by atoms with Crippen molar-refractivity contribution in [2.75, 3.05) is 0 Å². The molecule has 0 heterocycles. The first-order valence-corrected chi connectivity index (χ1v) is 10.1. The summed E-state index contributed by atoms with van der Waals surface area (Å²) in [6.07, 6.45) is 1.53. The van der Waals surface area contributed by atoms with E-state index in [0.717, 1.165) is 16.3 Å². The number of halogens is 2. The lowest BCUT2D eigenvalue weighted by atomic mass is 10.0. The van der Waals surface area contributed by atoms with Crippen molar-refractivity contribution in [2.45, 2.75) is 6.61 Å². The van der Waals surface area contributed by atoms with Crippen LogP contribution in [0.1, 0.15) is 21.5 Å². The maximum absolute atomic E-state index is 13.9. The molecule has 4 aromatic rings. The van der Waals surface area contributed by atoms with Crippen LogP contribution in [0, 0.1) is 5.82 Å². The van der Waals surface area contributed by atoms with Gasteiger partial charge in [-0.3, -0.25) is 4.79 Å². The van der Waals surface area contributed by atoms with Crippen LogP contribution in [0.2, 0.25) is 5.02 Å². The third kappa shape index (κ3) is 4.71. The molecule has 2 N–H and O–H groups in total. The molecule has 0 aliphatic carbocycles. The Balaban J connectivity index is 1.52. The molecule has 32 heavy (non-hydrogen) atoms. The van der Waals surface area contributed by atoms with Gasteiger partial charge in [-0.1, -0.05) is 54.1 Å². The molecule has 0 radical (unpaired) electrons. The lowest BCUT2D eigenvalue weighted by Crippen LogP contribution is -2.17. The van der Waals surface area contributed by atoms with Gasteiger partial charge in [0, 0.05) is 22.1 Å². The number of carbonyl (C=O) groups excluding carboxylic acids is 1. The molecule has 0 atom stereocenters. The van der Waals surface area contributed by atoms with Crippen molar-refractivity contribution in [2.24, 2.45) is 5.10 Å². The minimum absolute atomic E-state index is 0.0820. The van der Waals surface area contributed by atoms with Crippen molar-refractivity contribution >= 4 is 34.5 Å². The maximum atomic E-state index is 13.9. The number of benzene rings is 4. The number of carbonyl (C=O) groups is 1. The molecule has 0 spiro atoms. The second-order valence-corrected chi connectivity index (χ2v) is 7.35. The predicted molar refractivity (Wildman–Crippen MR) is 123 cm³/mol. The van der Waals surface area contributed by atoms with Crippen molar-refractivity contribution < 1.29 is 19.0 Å². The third-order valence-electron chi connectivity index (χ3n) is 4.84. The van der Waals surface area contributed by atoms with E-state index >= 15 is 0 Å². The number of rotatable bonds is 6. The minimum Gasteiger partial charge on any atom is -0.506 e. The quantitative estimate of drug-likeness (QED) is 0.294. The zero-order chi connectivity index (χ0) is 22.5. The van der Waals surface area contributed by atoms with Gasteiger partial charge in [0.25, 0.3) is 5.91 Å². The largest absolute Gasteiger partial charge is 0.506 e. The van der Waals surface area contributed by atoms with Gasteiger partial charge in [0.05, 0.1) is 11.2 Å². The number of ether oxygens (including phenoxy) is 1. The molecule has 0 bridgehead atoms. The summed E-state index contributed by atoms with van der Waals surface area (Å²) in [5.41, 5.74) is 3.95. The summed E-state index contributed by atoms with van der Waals surface area (Å²) in [4.78, 5) is 12.2. The van der Waals surface area contributed by atoms with Gasteiger partial charge >= 0.3 is 0 Å². The van der Waals surface area contributed by atoms with E-state index in [2.05, 4.69) is 10.5 Å². The first kappa shape index (κ1) is 21.3. The molecular formula is C25H18ClFN2O3. The van der Waals surface area contributed by atoms with E-state index in [1.54, 1.807) is 24.3 Å². The number of phenolic OH excluding ortho intramolecular Hbond substituents is 1. The van der Waals surface area contributed by atoms with Gasteiger partial charge in [-0.15, -0.1) is 0 Å². The summed E-state index contributed by atoms with van der Waals surface area (Å²) < 4.78 is 19.8. The number of phenols is 1. The van der Waals surface area contributed by atoms with Crippen LogP contribution >= 0.6 is 11.6 Å². The number of aromatic hydroxyl groups is 1. The third-order valence-corrected chi connectivity index (χ3v) is 5.14. The van der Waals surface area contributed by atoms with Crippen molar-refractivity contribution in [3.8, 4) is 11.5 Å². The summed E-state index contributed by atoms with van der Waals surface area (Å²) in [5.74, 6) is -0.261. The Kier molecular flexibility index (Phi) is 6.33. The van der Waals surface area contributed by atoms with Crippen LogP contribution in [-0.2, 0) is 6.61 Å². The van der Waals surface area contributed by atoms with Crippen LogP contribution in [-0.4, -0.2) is 17.2 Å². The SMILES string of the molecule is O=C(N/N=C/c1ccc(OCc2ccccc2F)c2ccccc12)c1ccc(O)c(Cl)c1. The Morgan fingerprint density at radius 3 is 2.56 bits per heavy atom. The van der Waals surface area contributed by atoms with E-state index in [0.29, 0.717) is 11.3 Å². The molecular weight excluding hydrogens is 431 g/mol. The van der Waals surface area contributed by atoms with Crippen LogP contribution in [0.15, 0.2) is 84.0 Å². The fraction of sp³-hybridized carbons (Fsp3) is 0.0400. The highest BCUT2D eigenvalue weighted by atomic mass is 35.5. The number of amides is 1. The van der Waals surface area contributed by atoms with Crippen molar-refractivity contribution in [3.63, 3.8) is 0 Å². The van der Waals surface area contributed by atoms with E-state index in [1.165, 1.54) is 30.5 Å². The van der Waals surface area contributed by atoms with E-state index < -0.39 is 5.91 Å². The normalized spacial score (nSPS) is 11.1. The molecule has 4 aromatic carbocycles. The molecule has 0 aromatic heterocycles. The molecule has 7 heteroatoms. The standard InChI is InChI=1S/C25H18ClFN2O3/c26-21-13-16(9-11-23(21)30)25(31)29-28-14-17-10-12-24(20-7-3-2-6-19(17)20)32-15-18-5-1-4-8-22(18)27/h1-14,30H,15H2,(H,29,31)/b28-14+. The highest BCUT2D eigenvalue weighted by molar-refractivity contribution is 6.32. The fourth-order valence-corrected chi connectivity index (χ4v) is 3.36. The molecule has 0 fully saturated rings. The predicted octanol–water partition coefficient (Wildman–Crippen LogP) is 5.68. The van der Waals surface area contributed by atoms with E-state index in [1.807, 2.05) is 30.3 Å². The highest BCUT2D eigenvalue weighted by Gasteiger charge is 2.09. The Labute approximate surface area is 188 Å². The number of hydrogen-bond acceptors (Lipinski definition) is 4. The molecule has 0 saturated carbocycles. The number of fused-ring (bicyclic) bond motifs is 1. The summed E-state index contributed by atoms with van der Waals surface area (Å²) in [7, 11) is 0. The highest BCUT2D eigenvalue weighted by Crippen LogP contribution is 2.29. The lowest BCUT2D eigenvalue weighted by molar-refractivity contribution is 0.0955. The van der Waals surface area contributed by atoms with Crippen LogP contribution in [0.4, 0.5) is 4.39 Å². The average molecular weight is 449 g/mol. The van der Waals surface area contributed by atoms with Crippen LogP contribution in [0.25, 0.3) is 10.8 Å². The zero-order valence-corrected chi connectivity index (χ0v) is 17.5. The molecule has 0 saturated heterocycles. The van der Waals surface area contributed by atoms with Crippen molar-refractivity contribution in [3.05, 3.63) is 106 Å². The second kappa shape index (κ2) is 9.49. The first-order chi connectivity index (χ1) is 15.5. The minimum atomic E-state index is -0.461. The van der Waals surface area contributed by atoms with Crippen molar-refractivity contribution in [1.29, 1.82) is 0 Å². The Bertz CT molecular complexity index is 1320. The van der Waals surface area contributed by atoms with Crippen LogP contribution < -0.4 is 10.2 Å². The second-order valence-electron chi connectivity index (χ2n) is 6.94. The zero-order valence-electron chi connectivity index (χ0n) is 16.8. The van der Waals surface area contributed by atoms with Crippen LogP contribution in [0.5, 0.6) is 11.5 Å². The summed E-state index contributed by atoms with van der Waals surface area (Å²) >= 11 is 5.84. The van der Waals surface area contributed by atoms with E-state index in [4.69, 9.17) is 16.3 Å². The van der Waals surface area contributed by atoms with Gasteiger partial charge in [-0.05, 0) is 41.8 Å². The number of nitrogens with zero attached hydrogens (tertiary/aromatic N) is 1. The molecule has 0 unspecified atom stereocenters. The summed E-state index contributed by atoms with van der Waals surface area (Å²) in [6, 6.07) is 21.8. The van der Waals surface area contributed by atoms with E-state index in [9.17, 15) is 14.3 Å². The smallest absolute Gasteiger partial charge is 0.271 e. The first-order valence-electron chi connectivity index (χ1n) is 9.73. The fourth-order valence-electron chi connectivity index (χ4n) is 3.18. The Hall–Kier alpha value is -3.90. The Morgan fingerprint density at radius 1 is 1.03 bits per heavy atom. The number of nitrogens with one attached hydrogen (secondary N) is 1. The Morgan fingerprint density at radius 2 is 1.78 bits per heavy atom. The van der Waals surface area contributed by atoms with Gasteiger partial charge in [0.2, 0.25) is 0 Å². The summed E-state index contributed by atoms with van der Waals surface area (Å²) in [6.45, 7) is 0.106. The van der Waals surface area contributed by atoms with Crippen LogP contribution in [0.3, 0.4) is 0 Å². The number of hydrogen-bond donors (Lipinski definition) is 2. The molecule has 0 aliphatic rings. The topological polar surface area (TPSA) is 70.9 Å². The molecule has 160 valence electrons. The monoisotopic (exact) mass is 448 g/mol. The van der Waals surface area contributed by atoms with Gasteiger partial charge in [0.15, 0.2) is 0 Å². The van der Waals surface area contributed by atoms with Gasteiger partial charge in [-0.2, -0.15) is 5.10 Å². The summed E-state index contributed by atoms with van der Waals surface area (Å²) in [5, 5.41) is 15.3.